The van der Waals surface area contributed by atoms with Crippen molar-refractivity contribution in [3.05, 3.63) is 36.0 Å². The first-order chi connectivity index (χ1) is 8.45. The Labute approximate surface area is 109 Å². The predicted molar refractivity (Wildman–Crippen MR) is 69.2 cm³/mol. The van der Waals surface area contributed by atoms with Crippen molar-refractivity contribution in [3.8, 4) is 5.75 Å². The van der Waals surface area contributed by atoms with Gasteiger partial charge in [0.1, 0.15) is 5.75 Å². The third kappa shape index (κ3) is 3.24. The van der Waals surface area contributed by atoms with Crippen molar-refractivity contribution in [1.29, 1.82) is 0 Å². The molecule has 2 rings (SSSR count). The molecule has 6 heteroatoms. The molecule has 0 radical (unpaired) electrons. The summed E-state index contributed by atoms with van der Waals surface area (Å²) in [7, 11) is 0. The molecule has 3 N–H and O–H groups in total. The van der Waals surface area contributed by atoms with Gasteiger partial charge in [-0.15, -0.1) is 11.8 Å². The van der Waals surface area contributed by atoms with Gasteiger partial charge in [-0.2, -0.15) is 4.98 Å². The fourth-order valence-corrected chi connectivity index (χ4v) is 2.08. The van der Waals surface area contributed by atoms with E-state index in [4.69, 9.17) is 10.3 Å². The molecule has 0 saturated heterocycles. The molecule has 0 fully saturated rings. The molecule has 0 amide bonds. The predicted octanol–water partition coefficient (Wildman–Crippen LogP) is 2.26. The molecule has 1 aromatic carbocycles. The second-order valence-electron chi connectivity index (χ2n) is 4.52. The number of benzene rings is 1. The lowest BCUT2D eigenvalue weighted by atomic mass is 10.1. The average Bonchev–Trinajstić information content (AvgIpc) is 2.74. The minimum absolute atomic E-state index is 0.245. The van der Waals surface area contributed by atoms with Crippen LogP contribution in [0, 0.1) is 0 Å². The maximum Gasteiger partial charge on any atom is 0.237 e. The van der Waals surface area contributed by atoms with Crippen LogP contribution in [-0.4, -0.2) is 15.2 Å². The quantitative estimate of drug-likeness (QED) is 0.825. The van der Waals surface area contributed by atoms with E-state index < -0.39 is 5.54 Å². The zero-order chi connectivity index (χ0) is 13.2. The zero-order valence-electron chi connectivity index (χ0n) is 10.3. The summed E-state index contributed by atoms with van der Waals surface area (Å²) in [6, 6.07) is 7.02. The van der Waals surface area contributed by atoms with Crippen molar-refractivity contribution in [2.24, 2.45) is 5.73 Å². The number of phenols is 1. The van der Waals surface area contributed by atoms with Crippen LogP contribution in [0.1, 0.15) is 25.6 Å². The smallest absolute Gasteiger partial charge is 0.237 e. The van der Waals surface area contributed by atoms with Gasteiger partial charge < -0.3 is 15.4 Å². The second-order valence-corrected chi connectivity index (χ2v) is 5.57. The summed E-state index contributed by atoms with van der Waals surface area (Å²) < 4.78 is 5.12. The van der Waals surface area contributed by atoms with Gasteiger partial charge in [0.2, 0.25) is 5.89 Å². The molecule has 0 aliphatic heterocycles. The van der Waals surface area contributed by atoms with E-state index in [1.54, 1.807) is 18.2 Å². The molecule has 0 unspecified atom stereocenters. The number of phenolic OH excluding ortho intramolecular Hbond substituents is 1. The summed E-state index contributed by atoms with van der Waals surface area (Å²) in [5.74, 6) is 1.81. The Morgan fingerprint density at radius 1 is 1.44 bits per heavy atom. The molecule has 1 heterocycles. The Morgan fingerprint density at radius 3 is 2.83 bits per heavy atom. The summed E-state index contributed by atoms with van der Waals surface area (Å²) in [5.41, 5.74) is 5.27. The van der Waals surface area contributed by atoms with Crippen molar-refractivity contribution < 1.29 is 9.63 Å². The average molecular weight is 265 g/mol. The molecule has 1 aromatic heterocycles. The van der Waals surface area contributed by atoms with E-state index in [0.29, 0.717) is 17.5 Å². The van der Waals surface area contributed by atoms with Crippen LogP contribution in [0.4, 0.5) is 0 Å². The van der Waals surface area contributed by atoms with Crippen LogP contribution in [0.15, 0.2) is 33.7 Å². The number of aromatic hydroxyl groups is 1. The van der Waals surface area contributed by atoms with Gasteiger partial charge in [0.25, 0.3) is 0 Å². The van der Waals surface area contributed by atoms with Crippen molar-refractivity contribution in [1.82, 2.24) is 10.1 Å². The normalized spacial score (nSPS) is 11.7. The van der Waals surface area contributed by atoms with Crippen molar-refractivity contribution in [2.45, 2.75) is 30.0 Å². The molecule has 0 atom stereocenters. The first-order valence-electron chi connectivity index (χ1n) is 5.49. The summed E-state index contributed by atoms with van der Waals surface area (Å²) in [5, 5.41) is 13.2. The first-order valence-corrected chi connectivity index (χ1v) is 6.47. The minimum atomic E-state index is -0.600. The van der Waals surface area contributed by atoms with Gasteiger partial charge >= 0.3 is 0 Å². The number of nitrogens with zero attached hydrogens (tertiary/aromatic N) is 2. The number of rotatable bonds is 4. The van der Waals surface area contributed by atoms with Gasteiger partial charge in [-0.1, -0.05) is 11.2 Å². The van der Waals surface area contributed by atoms with Gasteiger partial charge in [0.15, 0.2) is 5.82 Å². The summed E-state index contributed by atoms with van der Waals surface area (Å²) >= 11 is 1.51. The summed E-state index contributed by atoms with van der Waals surface area (Å²) in [6.07, 6.45) is 0. The number of thioether (sulfide) groups is 1. The fraction of sp³-hybridized carbons (Fsp3) is 0.333. The van der Waals surface area contributed by atoms with Gasteiger partial charge in [-0.05, 0) is 32.0 Å². The van der Waals surface area contributed by atoms with E-state index in [9.17, 15) is 5.11 Å². The van der Waals surface area contributed by atoms with Gasteiger partial charge in [0, 0.05) is 4.90 Å². The number of aromatic nitrogens is 2. The Balaban J connectivity index is 2.01. The molecule has 96 valence electrons. The lowest BCUT2D eigenvalue weighted by molar-refractivity contribution is 0.370. The minimum Gasteiger partial charge on any atom is -0.508 e. The van der Waals surface area contributed by atoms with E-state index in [1.165, 1.54) is 11.8 Å². The fourth-order valence-electron chi connectivity index (χ4n) is 1.29. The molecule has 5 nitrogen and oxygen atoms in total. The highest BCUT2D eigenvalue weighted by atomic mass is 32.2. The van der Waals surface area contributed by atoms with Crippen LogP contribution in [0.2, 0.25) is 0 Å². The molecule has 18 heavy (non-hydrogen) atoms. The number of hydrogen-bond acceptors (Lipinski definition) is 6. The third-order valence-corrected chi connectivity index (χ3v) is 3.20. The Bertz CT molecular complexity index is 534. The Hall–Kier alpha value is -1.53. The summed E-state index contributed by atoms with van der Waals surface area (Å²) in [6.45, 7) is 3.65. The van der Waals surface area contributed by atoms with Crippen LogP contribution in [-0.2, 0) is 11.3 Å². The van der Waals surface area contributed by atoms with Crippen molar-refractivity contribution >= 4 is 11.8 Å². The number of nitrogens with two attached hydrogens (primary N) is 1. The molecule has 2 aromatic rings. The second kappa shape index (κ2) is 4.99. The molecule has 0 aliphatic carbocycles. The molecule has 0 spiro atoms. The highest BCUT2D eigenvalue weighted by Crippen LogP contribution is 2.25. The largest absolute Gasteiger partial charge is 0.508 e. The summed E-state index contributed by atoms with van der Waals surface area (Å²) in [4.78, 5) is 5.18. The zero-order valence-corrected chi connectivity index (χ0v) is 11.1. The van der Waals surface area contributed by atoms with Crippen LogP contribution in [0.25, 0.3) is 0 Å². The Morgan fingerprint density at radius 2 is 2.22 bits per heavy atom. The molecular formula is C12H15N3O2S. The maximum atomic E-state index is 9.34. The van der Waals surface area contributed by atoms with Crippen molar-refractivity contribution in [2.75, 3.05) is 0 Å². The SMILES string of the molecule is CC(C)(N)c1noc(CSc2cccc(O)c2)n1. The maximum absolute atomic E-state index is 9.34. The van der Waals surface area contributed by atoms with Crippen LogP contribution >= 0.6 is 11.8 Å². The van der Waals surface area contributed by atoms with E-state index in [-0.39, 0.29) is 5.75 Å². The van der Waals surface area contributed by atoms with E-state index >= 15 is 0 Å². The standard InChI is InChI=1S/C12H15N3O2S/c1-12(2,13)11-14-10(17-15-11)7-18-9-5-3-4-8(16)6-9/h3-6,16H,7,13H2,1-2H3. The first kappa shape index (κ1) is 12.9. The van der Waals surface area contributed by atoms with Gasteiger partial charge in [-0.3, -0.25) is 0 Å². The highest BCUT2D eigenvalue weighted by molar-refractivity contribution is 7.98. The Kier molecular flexibility index (Phi) is 3.58. The van der Waals surface area contributed by atoms with Gasteiger partial charge in [-0.25, -0.2) is 0 Å². The monoisotopic (exact) mass is 265 g/mol. The van der Waals surface area contributed by atoms with Crippen LogP contribution < -0.4 is 5.73 Å². The van der Waals surface area contributed by atoms with Crippen LogP contribution in [0.5, 0.6) is 5.75 Å². The molecule has 0 saturated carbocycles. The van der Waals surface area contributed by atoms with Crippen LogP contribution in [0.3, 0.4) is 0 Å². The third-order valence-electron chi connectivity index (χ3n) is 2.22. The van der Waals surface area contributed by atoms with E-state index in [0.717, 1.165) is 4.90 Å². The van der Waals surface area contributed by atoms with Gasteiger partial charge in [0.05, 0.1) is 11.3 Å². The lowest BCUT2D eigenvalue weighted by Crippen LogP contribution is -2.30. The van der Waals surface area contributed by atoms with E-state index in [1.807, 2.05) is 19.9 Å². The topological polar surface area (TPSA) is 85.2 Å². The lowest BCUT2D eigenvalue weighted by Gasteiger charge is -2.11. The van der Waals surface area contributed by atoms with E-state index in [2.05, 4.69) is 10.1 Å². The number of hydrogen-bond donors (Lipinski definition) is 2. The van der Waals surface area contributed by atoms with Crippen molar-refractivity contribution in [3.63, 3.8) is 0 Å². The molecule has 0 aliphatic rings. The molecular weight excluding hydrogens is 250 g/mol. The highest BCUT2D eigenvalue weighted by Gasteiger charge is 2.21. The molecule has 0 bridgehead atoms.